The molecule has 0 aliphatic carbocycles. The molecule has 1 atom stereocenters. The molecule has 1 unspecified atom stereocenters. The SMILES string of the molecule is CCC(N)c1ccc2c(c1)OC(F)(F)O2.Cl. The minimum atomic E-state index is -3.56. The topological polar surface area (TPSA) is 44.5 Å². The summed E-state index contributed by atoms with van der Waals surface area (Å²) in [5.74, 6) is 0.0912. The maximum absolute atomic E-state index is 12.7. The molecular formula is C10H12ClF2NO2. The van der Waals surface area contributed by atoms with Crippen LogP contribution in [0.3, 0.4) is 0 Å². The Hall–Kier alpha value is -1.07. The molecule has 0 fully saturated rings. The number of hydrogen-bond acceptors (Lipinski definition) is 3. The van der Waals surface area contributed by atoms with Crippen molar-refractivity contribution in [1.29, 1.82) is 0 Å². The van der Waals surface area contributed by atoms with Crippen molar-refractivity contribution >= 4 is 12.4 Å². The lowest BCUT2D eigenvalue weighted by atomic mass is 10.1. The van der Waals surface area contributed by atoms with Gasteiger partial charge in [-0.25, -0.2) is 0 Å². The molecule has 16 heavy (non-hydrogen) atoms. The van der Waals surface area contributed by atoms with E-state index in [4.69, 9.17) is 5.73 Å². The third-order valence-corrected chi connectivity index (χ3v) is 2.29. The maximum Gasteiger partial charge on any atom is 0.586 e. The fourth-order valence-corrected chi connectivity index (χ4v) is 1.43. The standard InChI is InChI=1S/C10H11F2NO2.ClH/c1-2-7(13)6-3-4-8-9(5-6)15-10(11,12)14-8;/h3-5,7H,2,13H2,1H3;1H. The van der Waals surface area contributed by atoms with Gasteiger partial charge in [0.2, 0.25) is 0 Å². The summed E-state index contributed by atoms with van der Waals surface area (Å²) < 4.78 is 33.9. The number of hydrogen-bond donors (Lipinski definition) is 1. The van der Waals surface area contributed by atoms with Crippen LogP contribution in [0.15, 0.2) is 18.2 Å². The number of ether oxygens (including phenoxy) is 2. The molecular weight excluding hydrogens is 240 g/mol. The highest BCUT2D eigenvalue weighted by atomic mass is 35.5. The van der Waals surface area contributed by atoms with Crippen molar-refractivity contribution in [2.24, 2.45) is 5.73 Å². The summed E-state index contributed by atoms with van der Waals surface area (Å²) in [6.07, 6.45) is -2.83. The van der Waals surface area contributed by atoms with Crippen LogP contribution in [0.2, 0.25) is 0 Å². The molecule has 0 amide bonds. The summed E-state index contributed by atoms with van der Waals surface area (Å²) in [6.45, 7) is 1.92. The van der Waals surface area contributed by atoms with E-state index < -0.39 is 6.29 Å². The van der Waals surface area contributed by atoms with Gasteiger partial charge in [0, 0.05) is 6.04 Å². The van der Waals surface area contributed by atoms with Crippen molar-refractivity contribution < 1.29 is 18.3 Å². The smallest absolute Gasteiger partial charge is 0.395 e. The van der Waals surface area contributed by atoms with Crippen LogP contribution in [0.5, 0.6) is 11.5 Å². The maximum atomic E-state index is 12.7. The van der Waals surface area contributed by atoms with E-state index in [1.165, 1.54) is 12.1 Å². The van der Waals surface area contributed by atoms with E-state index >= 15 is 0 Å². The quantitative estimate of drug-likeness (QED) is 0.879. The van der Waals surface area contributed by atoms with E-state index in [9.17, 15) is 8.78 Å². The van der Waals surface area contributed by atoms with Crippen LogP contribution in [-0.2, 0) is 0 Å². The summed E-state index contributed by atoms with van der Waals surface area (Å²) in [7, 11) is 0. The van der Waals surface area contributed by atoms with E-state index in [1.54, 1.807) is 6.07 Å². The molecule has 1 aliphatic heterocycles. The summed E-state index contributed by atoms with van der Waals surface area (Å²) in [6, 6.07) is 4.43. The van der Waals surface area contributed by atoms with Gasteiger partial charge in [0.05, 0.1) is 0 Å². The number of alkyl halides is 2. The van der Waals surface area contributed by atoms with E-state index in [2.05, 4.69) is 9.47 Å². The van der Waals surface area contributed by atoms with Gasteiger partial charge < -0.3 is 15.2 Å². The van der Waals surface area contributed by atoms with Crippen LogP contribution in [0.1, 0.15) is 24.9 Å². The van der Waals surface area contributed by atoms with Crippen molar-refractivity contribution in [3.8, 4) is 11.5 Å². The van der Waals surface area contributed by atoms with Gasteiger partial charge in [-0.1, -0.05) is 13.0 Å². The molecule has 1 aliphatic rings. The van der Waals surface area contributed by atoms with Crippen LogP contribution in [0.4, 0.5) is 8.78 Å². The number of fused-ring (bicyclic) bond motifs is 1. The molecule has 2 rings (SSSR count). The van der Waals surface area contributed by atoms with Gasteiger partial charge in [0.25, 0.3) is 0 Å². The lowest BCUT2D eigenvalue weighted by Gasteiger charge is -2.08. The van der Waals surface area contributed by atoms with Gasteiger partial charge in [-0.05, 0) is 24.1 Å². The minimum Gasteiger partial charge on any atom is -0.395 e. The predicted molar refractivity (Wildman–Crippen MR) is 57.1 cm³/mol. The molecule has 3 nitrogen and oxygen atoms in total. The molecule has 1 aromatic carbocycles. The third kappa shape index (κ3) is 2.36. The first-order valence-electron chi connectivity index (χ1n) is 4.67. The van der Waals surface area contributed by atoms with Gasteiger partial charge in [-0.15, -0.1) is 21.2 Å². The normalized spacial score (nSPS) is 17.8. The summed E-state index contributed by atoms with van der Waals surface area (Å²) in [5.41, 5.74) is 6.53. The fourth-order valence-electron chi connectivity index (χ4n) is 1.43. The molecule has 0 spiro atoms. The Morgan fingerprint density at radius 3 is 2.56 bits per heavy atom. The Balaban J connectivity index is 0.00000128. The Bertz CT molecular complexity index is 387. The second-order valence-electron chi connectivity index (χ2n) is 3.39. The molecule has 1 heterocycles. The van der Waals surface area contributed by atoms with Gasteiger partial charge >= 0.3 is 6.29 Å². The first-order valence-corrected chi connectivity index (χ1v) is 4.67. The zero-order valence-corrected chi connectivity index (χ0v) is 9.39. The van der Waals surface area contributed by atoms with Crippen molar-refractivity contribution in [1.82, 2.24) is 0 Å². The fraction of sp³-hybridized carbons (Fsp3) is 0.400. The predicted octanol–water partition coefficient (Wildman–Crippen LogP) is 2.84. The van der Waals surface area contributed by atoms with Crippen molar-refractivity contribution in [3.05, 3.63) is 23.8 Å². The summed E-state index contributed by atoms with van der Waals surface area (Å²) in [4.78, 5) is 0. The lowest BCUT2D eigenvalue weighted by Crippen LogP contribution is -2.25. The molecule has 0 saturated heterocycles. The van der Waals surface area contributed by atoms with Gasteiger partial charge in [-0.3, -0.25) is 0 Å². The Kier molecular flexibility index (Phi) is 3.60. The molecule has 0 radical (unpaired) electrons. The molecule has 1 aromatic rings. The molecule has 2 N–H and O–H groups in total. The zero-order chi connectivity index (χ0) is 11.1. The molecule has 0 aromatic heterocycles. The zero-order valence-electron chi connectivity index (χ0n) is 8.57. The largest absolute Gasteiger partial charge is 0.586 e. The van der Waals surface area contributed by atoms with Crippen LogP contribution >= 0.6 is 12.4 Å². The molecule has 6 heteroatoms. The highest BCUT2D eigenvalue weighted by Gasteiger charge is 2.43. The van der Waals surface area contributed by atoms with Gasteiger partial charge in [0.15, 0.2) is 11.5 Å². The first-order chi connectivity index (χ1) is 7.02. The Labute approximate surface area is 97.9 Å². The van der Waals surface area contributed by atoms with Crippen LogP contribution < -0.4 is 15.2 Å². The van der Waals surface area contributed by atoms with Crippen molar-refractivity contribution in [3.63, 3.8) is 0 Å². The number of nitrogens with two attached hydrogens (primary N) is 1. The second kappa shape index (κ2) is 4.43. The van der Waals surface area contributed by atoms with Crippen molar-refractivity contribution in [2.75, 3.05) is 0 Å². The Morgan fingerprint density at radius 2 is 1.94 bits per heavy atom. The van der Waals surface area contributed by atoms with E-state index in [-0.39, 0.29) is 29.9 Å². The number of rotatable bonds is 2. The Morgan fingerprint density at radius 1 is 1.31 bits per heavy atom. The van der Waals surface area contributed by atoms with E-state index in [0.717, 1.165) is 12.0 Å². The van der Waals surface area contributed by atoms with E-state index in [0.29, 0.717) is 0 Å². The average molecular weight is 252 g/mol. The van der Waals surface area contributed by atoms with Crippen LogP contribution in [0, 0.1) is 0 Å². The first kappa shape index (κ1) is 13.0. The van der Waals surface area contributed by atoms with Gasteiger partial charge in [0.1, 0.15) is 0 Å². The molecule has 0 saturated carbocycles. The lowest BCUT2D eigenvalue weighted by molar-refractivity contribution is -0.286. The third-order valence-electron chi connectivity index (χ3n) is 2.29. The van der Waals surface area contributed by atoms with Crippen LogP contribution in [-0.4, -0.2) is 6.29 Å². The second-order valence-corrected chi connectivity index (χ2v) is 3.39. The summed E-state index contributed by atoms with van der Waals surface area (Å²) in [5, 5.41) is 0. The highest BCUT2D eigenvalue weighted by Crippen LogP contribution is 2.41. The number of benzene rings is 1. The van der Waals surface area contributed by atoms with Crippen LogP contribution in [0.25, 0.3) is 0 Å². The van der Waals surface area contributed by atoms with E-state index in [1.807, 2.05) is 6.92 Å². The highest BCUT2D eigenvalue weighted by molar-refractivity contribution is 5.85. The minimum absolute atomic E-state index is 0. The number of halogens is 3. The molecule has 90 valence electrons. The monoisotopic (exact) mass is 251 g/mol. The van der Waals surface area contributed by atoms with Crippen molar-refractivity contribution in [2.45, 2.75) is 25.7 Å². The average Bonchev–Trinajstić information content (AvgIpc) is 2.49. The molecule has 0 bridgehead atoms. The summed E-state index contributed by atoms with van der Waals surface area (Å²) >= 11 is 0. The van der Waals surface area contributed by atoms with Gasteiger partial charge in [-0.2, -0.15) is 0 Å².